The van der Waals surface area contributed by atoms with Crippen molar-refractivity contribution < 1.29 is 19.1 Å². The van der Waals surface area contributed by atoms with Gasteiger partial charge in [0.2, 0.25) is 0 Å². The van der Waals surface area contributed by atoms with E-state index < -0.39 is 0 Å². The lowest BCUT2D eigenvalue weighted by atomic mass is 10.1. The first-order valence-electron chi connectivity index (χ1n) is 12.5. The maximum absolute atomic E-state index is 13.6. The van der Waals surface area contributed by atoms with Gasteiger partial charge in [-0.2, -0.15) is 0 Å². The third-order valence-corrected chi connectivity index (χ3v) is 7.60. The number of rotatable bonds is 5. The summed E-state index contributed by atoms with van der Waals surface area (Å²) in [4.78, 5) is 45.6. The fourth-order valence-corrected chi connectivity index (χ4v) is 5.25. The van der Waals surface area contributed by atoms with E-state index in [4.69, 9.17) is 4.74 Å². The minimum absolute atomic E-state index is 0.0240. The Morgan fingerprint density at radius 1 is 0.838 bits per heavy atom. The molecule has 8 nitrogen and oxygen atoms in total. The highest BCUT2D eigenvalue weighted by atomic mass is 32.1. The van der Waals surface area contributed by atoms with Gasteiger partial charge in [-0.3, -0.25) is 14.4 Å². The number of nitrogens with zero attached hydrogens (tertiary/aromatic N) is 3. The molecule has 3 heterocycles. The molecule has 2 aliphatic heterocycles. The molecule has 3 amide bonds. The van der Waals surface area contributed by atoms with Crippen LogP contribution in [0.5, 0.6) is 0 Å². The van der Waals surface area contributed by atoms with Crippen LogP contribution in [0.2, 0.25) is 0 Å². The fraction of sp³-hybridized carbons (Fsp3) is 0.321. The average molecular weight is 519 g/mol. The maximum atomic E-state index is 13.6. The highest BCUT2D eigenvalue weighted by Crippen LogP contribution is 2.28. The predicted octanol–water partition coefficient (Wildman–Crippen LogP) is 3.74. The van der Waals surface area contributed by atoms with Gasteiger partial charge in [-0.25, -0.2) is 0 Å². The SMILES string of the molecule is Cc1ccc(C(=O)N2CCN(c3ccc(NC(=O)c4cccs4)cc3C(=O)N3CCOCC3)CC2)cc1. The van der Waals surface area contributed by atoms with Crippen molar-refractivity contribution in [2.45, 2.75) is 6.92 Å². The number of carbonyl (C=O) groups excluding carboxylic acids is 3. The van der Waals surface area contributed by atoms with Gasteiger partial charge < -0.3 is 24.8 Å². The smallest absolute Gasteiger partial charge is 0.265 e. The summed E-state index contributed by atoms with van der Waals surface area (Å²) in [5, 5.41) is 4.78. The van der Waals surface area contributed by atoms with E-state index in [2.05, 4.69) is 10.2 Å². The first kappa shape index (κ1) is 25.0. The number of aryl methyl sites for hydroxylation is 1. The van der Waals surface area contributed by atoms with Crippen LogP contribution >= 0.6 is 11.3 Å². The Balaban J connectivity index is 1.34. The third kappa shape index (κ3) is 5.68. The van der Waals surface area contributed by atoms with Crippen LogP contribution in [0, 0.1) is 6.92 Å². The molecule has 0 bridgehead atoms. The van der Waals surface area contributed by atoms with E-state index in [1.165, 1.54) is 11.3 Å². The van der Waals surface area contributed by atoms with Gasteiger partial charge in [-0.05, 0) is 48.7 Å². The molecule has 2 saturated heterocycles. The van der Waals surface area contributed by atoms with Crippen LogP contribution in [0.25, 0.3) is 0 Å². The third-order valence-electron chi connectivity index (χ3n) is 6.73. The number of carbonyl (C=O) groups is 3. The number of hydrogen-bond acceptors (Lipinski definition) is 6. The van der Waals surface area contributed by atoms with Gasteiger partial charge in [0.05, 0.1) is 23.7 Å². The van der Waals surface area contributed by atoms with Crippen molar-refractivity contribution in [2.75, 3.05) is 62.7 Å². The number of nitrogens with one attached hydrogen (secondary N) is 1. The second-order valence-corrected chi connectivity index (χ2v) is 10.2. The van der Waals surface area contributed by atoms with E-state index in [-0.39, 0.29) is 17.7 Å². The molecule has 2 aromatic carbocycles. The van der Waals surface area contributed by atoms with Gasteiger partial charge >= 0.3 is 0 Å². The Morgan fingerprint density at radius 2 is 1.54 bits per heavy atom. The number of benzene rings is 2. The number of ether oxygens (including phenoxy) is 1. The summed E-state index contributed by atoms with van der Waals surface area (Å²) in [6.45, 7) is 6.44. The van der Waals surface area contributed by atoms with Crippen molar-refractivity contribution in [2.24, 2.45) is 0 Å². The van der Waals surface area contributed by atoms with Crippen LogP contribution in [-0.4, -0.2) is 80.0 Å². The number of piperazine rings is 1. The summed E-state index contributed by atoms with van der Waals surface area (Å²) in [7, 11) is 0. The topological polar surface area (TPSA) is 82.2 Å². The molecule has 9 heteroatoms. The lowest BCUT2D eigenvalue weighted by Gasteiger charge is -2.37. The maximum Gasteiger partial charge on any atom is 0.265 e. The molecule has 3 aromatic rings. The summed E-state index contributed by atoms with van der Waals surface area (Å²) < 4.78 is 5.43. The van der Waals surface area contributed by atoms with Crippen molar-refractivity contribution in [3.05, 3.63) is 81.5 Å². The Hall–Kier alpha value is -3.69. The molecule has 0 saturated carbocycles. The van der Waals surface area contributed by atoms with Crippen molar-refractivity contribution in [1.29, 1.82) is 0 Å². The molecule has 5 rings (SSSR count). The van der Waals surface area contributed by atoms with Gasteiger partial charge in [0.1, 0.15) is 0 Å². The zero-order valence-corrected chi connectivity index (χ0v) is 21.6. The summed E-state index contributed by atoms with van der Waals surface area (Å²) in [5.74, 6) is -0.254. The molecule has 0 spiro atoms. The summed E-state index contributed by atoms with van der Waals surface area (Å²) >= 11 is 1.37. The minimum atomic E-state index is -0.198. The molecule has 192 valence electrons. The van der Waals surface area contributed by atoms with Crippen LogP contribution in [0.15, 0.2) is 60.0 Å². The van der Waals surface area contributed by atoms with Crippen LogP contribution in [0.3, 0.4) is 0 Å². The highest BCUT2D eigenvalue weighted by Gasteiger charge is 2.27. The van der Waals surface area contributed by atoms with E-state index in [1.54, 1.807) is 17.0 Å². The normalized spacial score (nSPS) is 16.0. The van der Waals surface area contributed by atoms with Crippen LogP contribution < -0.4 is 10.2 Å². The summed E-state index contributed by atoms with van der Waals surface area (Å²) in [6, 6.07) is 16.7. The van der Waals surface area contributed by atoms with Crippen molar-refractivity contribution in [1.82, 2.24) is 9.80 Å². The van der Waals surface area contributed by atoms with Gasteiger partial charge in [0.15, 0.2) is 0 Å². The second-order valence-electron chi connectivity index (χ2n) is 9.21. The first-order valence-corrected chi connectivity index (χ1v) is 13.3. The zero-order chi connectivity index (χ0) is 25.8. The van der Waals surface area contributed by atoms with E-state index in [0.29, 0.717) is 74.2 Å². The molecule has 0 aliphatic carbocycles. The molecule has 0 radical (unpaired) electrons. The molecule has 2 fully saturated rings. The molecule has 0 atom stereocenters. The van der Waals surface area contributed by atoms with Crippen LogP contribution in [0.4, 0.5) is 11.4 Å². The van der Waals surface area contributed by atoms with Crippen LogP contribution in [-0.2, 0) is 4.74 Å². The first-order chi connectivity index (χ1) is 18.0. The quantitative estimate of drug-likeness (QED) is 0.557. The standard InChI is InChI=1S/C28H30N4O4S/c1-20-4-6-21(7-5-20)27(34)31-12-10-30(11-13-31)24-9-8-22(29-26(33)25-3-2-18-37-25)19-23(24)28(35)32-14-16-36-17-15-32/h2-9,18-19H,10-17H2,1H3,(H,29,33). The molecular weight excluding hydrogens is 488 g/mol. The molecule has 1 N–H and O–H groups in total. The number of morpholine rings is 1. The molecule has 0 unspecified atom stereocenters. The van der Waals surface area contributed by atoms with E-state index in [0.717, 1.165) is 11.3 Å². The highest BCUT2D eigenvalue weighted by molar-refractivity contribution is 7.12. The Bertz CT molecular complexity index is 1260. The summed E-state index contributed by atoms with van der Waals surface area (Å²) in [6.07, 6.45) is 0. The molecule has 1 aromatic heterocycles. The number of hydrogen-bond donors (Lipinski definition) is 1. The zero-order valence-electron chi connectivity index (χ0n) is 20.8. The average Bonchev–Trinajstić information content (AvgIpc) is 3.49. The van der Waals surface area contributed by atoms with Crippen molar-refractivity contribution >= 4 is 40.4 Å². The largest absolute Gasteiger partial charge is 0.378 e. The van der Waals surface area contributed by atoms with E-state index in [1.807, 2.05) is 59.7 Å². The van der Waals surface area contributed by atoms with Gasteiger partial charge in [-0.15, -0.1) is 11.3 Å². The summed E-state index contributed by atoms with van der Waals surface area (Å²) in [5.41, 5.74) is 3.74. The lowest BCUT2D eigenvalue weighted by Crippen LogP contribution is -2.49. The van der Waals surface area contributed by atoms with E-state index in [9.17, 15) is 14.4 Å². The van der Waals surface area contributed by atoms with Gasteiger partial charge in [0, 0.05) is 56.2 Å². The Morgan fingerprint density at radius 3 is 2.22 bits per heavy atom. The second kappa shape index (κ2) is 11.1. The lowest BCUT2D eigenvalue weighted by molar-refractivity contribution is 0.0303. The van der Waals surface area contributed by atoms with Crippen molar-refractivity contribution in [3.63, 3.8) is 0 Å². The minimum Gasteiger partial charge on any atom is -0.378 e. The number of anilines is 2. The molecule has 37 heavy (non-hydrogen) atoms. The monoisotopic (exact) mass is 518 g/mol. The van der Waals surface area contributed by atoms with Crippen molar-refractivity contribution in [3.8, 4) is 0 Å². The Labute approximate surface area is 220 Å². The Kier molecular flexibility index (Phi) is 7.52. The van der Waals surface area contributed by atoms with Gasteiger partial charge in [-0.1, -0.05) is 23.8 Å². The van der Waals surface area contributed by atoms with Crippen LogP contribution in [0.1, 0.15) is 36.0 Å². The van der Waals surface area contributed by atoms with E-state index >= 15 is 0 Å². The fourth-order valence-electron chi connectivity index (χ4n) is 4.63. The number of amides is 3. The van der Waals surface area contributed by atoms with Gasteiger partial charge in [0.25, 0.3) is 17.7 Å². The predicted molar refractivity (Wildman–Crippen MR) is 145 cm³/mol. The number of thiophene rings is 1. The molecular formula is C28H30N4O4S. The molecule has 2 aliphatic rings.